The third-order valence-corrected chi connectivity index (χ3v) is 1.65. The Morgan fingerprint density at radius 1 is 1.43 bits per heavy atom. The van der Waals surface area contributed by atoms with Crippen molar-refractivity contribution >= 4 is 22.7 Å². The molecule has 0 fully saturated rings. The number of benzene rings is 1. The quantitative estimate of drug-likeness (QED) is 0.428. The maximum atomic E-state index is 8.70. The lowest BCUT2D eigenvalue weighted by Gasteiger charge is -1.96. The van der Waals surface area contributed by atoms with Gasteiger partial charge in [0.2, 0.25) is 0 Å². The summed E-state index contributed by atoms with van der Waals surface area (Å²) in [5.41, 5.74) is 9.46. The number of rotatable bonds is 1. The predicted molar refractivity (Wildman–Crippen MR) is 54.1 cm³/mol. The monoisotopic (exact) mass is 196 g/mol. The van der Waals surface area contributed by atoms with Crippen LogP contribution < -0.4 is 11.2 Å². The van der Waals surface area contributed by atoms with E-state index in [2.05, 4.69) is 9.97 Å². The second-order valence-corrected chi connectivity index (χ2v) is 2.44. The molecule has 0 saturated carbocycles. The Balaban J connectivity index is 0.000000461. The van der Waals surface area contributed by atoms with Crippen LogP contribution in [0.3, 0.4) is 0 Å². The summed E-state index contributed by atoms with van der Waals surface area (Å²) in [5, 5.41) is 15.7. The minimum atomic E-state index is 0.340. The number of para-hydroxylation sites is 1. The molecule has 6 nitrogen and oxygen atoms in total. The zero-order chi connectivity index (χ0) is 10.6. The van der Waals surface area contributed by atoms with Crippen molar-refractivity contribution in [3.63, 3.8) is 0 Å². The lowest BCUT2D eigenvalue weighted by Crippen LogP contribution is -1.89. The Bertz CT molecular complexity index is 413. The van der Waals surface area contributed by atoms with Crippen molar-refractivity contribution in [3.8, 4) is 0 Å². The van der Waals surface area contributed by atoms with Crippen molar-refractivity contribution in [2.45, 2.75) is 0 Å². The number of nitrogens with one attached hydrogen (secondary N) is 2. The molecule has 2 rings (SSSR count). The van der Waals surface area contributed by atoms with Crippen molar-refractivity contribution in [2.75, 3.05) is 18.3 Å². The van der Waals surface area contributed by atoms with Crippen molar-refractivity contribution in [1.29, 1.82) is 0 Å². The van der Waals surface area contributed by atoms with Gasteiger partial charge in [-0.05, 0) is 12.1 Å². The van der Waals surface area contributed by atoms with Crippen LogP contribution in [-0.4, -0.2) is 27.4 Å². The standard InChI is InChI=1S/C7H8N4O.CH4O/c8-7-9-4-2-1-3-5(11-12)6(4)10-7;1-2/h1-3,11-12H,(H3,8,9,10);2H,1H3. The van der Waals surface area contributed by atoms with Crippen LogP contribution in [0.25, 0.3) is 11.0 Å². The van der Waals surface area contributed by atoms with E-state index in [1.54, 1.807) is 12.1 Å². The van der Waals surface area contributed by atoms with Gasteiger partial charge in [0, 0.05) is 7.11 Å². The van der Waals surface area contributed by atoms with Gasteiger partial charge in [0.1, 0.15) is 5.52 Å². The molecule has 6 heteroatoms. The minimum Gasteiger partial charge on any atom is -0.400 e. The van der Waals surface area contributed by atoms with Gasteiger partial charge in [-0.2, -0.15) is 0 Å². The van der Waals surface area contributed by atoms with Crippen LogP contribution in [0.5, 0.6) is 0 Å². The van der Waals surface area contributed by atoms with Crippen molar-refractivity contribution in [2.24, 2.45) is 0 Å². The van der Waals surface area contributed by atoms with Gasteiger partial charge >= 0.3 is 0 Å². The summed E-state index contributed by atoms with van der Waals surface area (Å²) >= 11 is 0. The Labute approximate surface area is 80.3 Å². The van der Waals surface area contributed by atoms with E-state index in [9.17, 15) is 0 Å². The second-order valence-electron chi connectivity index (χ2n) is 2.44. The van der Waals surface area contributed by atoms with E-state index < -0.39 is 0 Å². The van der Waals surface area contributed by atoms with Crippen LogP contribution in [0.15, 0.2) is 18.2 Å². The van der Waals surface area contributed by atoms with Crippen molar-refractivity contribution in [3.05, 3.63) is 18.2 Å². The first-order valence-corrected chi connectivity index (χ1v) is 3.90. The van der Waals surface area contributed by atoms with Gasteiger partial charge < -0.3 is 15.8 Å². The van der Waals surface area contributed by atoms with E-state index >= 15 is 0 Å². The third kappa shape index (κ3) is 1.76. The molecule has 1 heterocycles. The fraction of sp³-hybridized carbons (Fsp3) is 0.125. The normalized spacial score (nSPS) is 9.36. The number of hydrogen-bond donors (Lipinski definition) is 5. The van der Waals surface area contributed by atoms with Crippen LogP contribution in [-0.2, 0) is 0 Å². The highest BCUT2D eigenvalue weighted by atomic mass is 16.5. The molecule has 0 aliphatic rings. The lowest BCUT2D eigenvalue weighted by atomic mass is 10.3. The summed E-state index contributed by atoms with van der Waals surface area (Å²) in [6.45, 7) is 0. The number of nitrogens with zero attached hydrogens (tertiary/aromatic N) is 1. The summed E-state index contributed by atoms with van der Waals surface area (Å²) < 4.78 is 0. The molecule has 6 N–H and O–H groups in total. The number of aliphatic hydroxyl groups excluding tert-OH is 1. The second kappa shape index (κ2) is 4.45. The van der Waals surface area contributed by atoms with E-state index in [0.29, 0.717) is 17.2 Å². The van der Waals surface area contributed by atoms with Gasteiger partial charge in [0.05, 0.1) is 11.2 Å². The molecule has 1 aromatic carbocycles. The van der Waals surface area contributed by atoms with Gasteiger partial charge in [-0.15, -0.1) is 0 Å². The van der Waals surface area contributed by atoms with Crippen LogP contribution in [0.1, 0.15) is 0 Å². The Kier molecular flexibility index (Phi) is 3.27. The number of aromatic amines is 1. The molecule has 0 amide bonds. The lowest BCUT2D eigenvalue weighted by molar-refractivity contribution is 0.389. The number of aromatic nitrogens is 2. The van der Waals surface area contributed by atoms with Gasteiger partial charge in [0.15, 0.2) is 5.95 Å². The Morgan fingerprint density at radius 2 is 2.14 bits per heavy atom. The number of hydrogen-bond acceptors (Lipinski definition) is 5. The predicted octanol–water partition coefficient (Wildman–Crippen LogP) is 0.555. The molecule has 0 saturated heterocycles. The largest absolute Gasteiger partial charge is 0.400 e. The Hall–Kier alpha value is -1.79. The van der Waals surface area contributed by atoms with Gasteiger partial charge in [-0.25, -0.2) is 4.98 Å². The average molecular weight is 196 g/mol. The van der Waals surface area contributed by atoms with Gasteiger partial charge in [0.25, 0.3) is 0 Å². The fourth-order valence-corrected chi connectivity index (χ4v) is 1.14. The van der Waals surface area contributed by atoms with Crippen LogP contribution in [0.2, 0.25) is 0 Å². The van der Waals surface area contributed by atoms with E-state index in [1.807, 2.05) is 11.5 Å². The molecule has 0 radical (unpaired) electrons. The molecule has 2 aromatic rings. The smallest absolute Gasteiger partial charge is 0.198 e. The first-order valence-electron chi connectivity index (χ1n) is 3.90. The molecule has 1 aromatic heterocycles. The molecule has 76 valence electrons. The van der Waals surface area contributed by atoms with Gasteiger partial charge in [-0.3, -0.25) is 10.7 Å². The molecular formula is C8H12N4O2. The summed E-state index contributed by atoms with van der Waals surface area (Å²) in [4.78, 5) is 6.83. The molecule has 0 atom stereocenters. The number of H-pyrrole nitrogens is 1. The minimum absolute atomic E-state index is 0.340. The highest BCUT2D eigenvalue weighted by Gasteiger charge is 2.03. The maximum absolute atomic E-state index is 8.70. The molecule has 0 aliphatic carbocycles. The van der Waals surface area contributed by atoms with E-state index in [0.717, 1.165) is 12.6 Å². The number of aliphatic hydroxyl groups is 1. The van der Waals surface area contributed by atoms with Crippen LogP contribution in [0, 0.1) is 0 Å². The molecule has 0 spiro atoms. The van der Waals surface area contributed by atoms with Crippen molar-refractivity contribution in [1.82, 2.24) is 9.97 Å². The highest BCUT2D eigenvalue weighted by molar-refractivity contribution is 5.88. The number of nitrogens with two attached hydrogens (primary N) is 1. The zero-order valence-corrected chi connectivity index (χ0v) is 7.65. The maximum Gasteiger partial charge on any atom is 0.198 e. The topological polar surface area (TPSA) is 107 Å². The third-order valence-electron chi connectivity index (χ3n) is 1.65. The molecule has 0 aliphatic heterocycles. The fourth-order valence-electron chi connectivity index (χ4n) is 1.14. The van der Waals surface area contributed by atoms with Crippen molar-refractivity contribution < 1.29 is 10.3 Å². The summed E-state index contributed by atoms with van der Waals surface area (Å²) in [6, 6.07) is 5.33. The first-order chi connectivity index (χ1) is 6.81. The Morgan fingerprint density at radius 3 is 2.79 bits per heavy atom. The van der Waals surface area contributed by atoms with E-state index in [4.69, 9.17) is 16.0 Å². The number of imidazole rings is 1. The molecule has 0 unspecified atom stereocenters. The first kappa shape index (κ1) is 10.3. The zero-order valence-electron chi connectivity index (χ0n) is 7.65. The van der Waals surface area contributed by atoms with E-state index in [1.165, 1.54) is 0 Å². The highest BCUT2D eigenvalue weighted by Crippen LogP contribution is 2.20. The summed E-state index contributed by atoms with van der Waals surface area (Å²) in [6.07, 6.45) is 0. The number of fused-ring (bicyclic) bond motifs is 1. The molecular weight excluding hydrogens is 184 g/mol. The van der Waals surface area contributed by atoms with Crippen LogP contribution in [0.4, 0.5) is 11.6 Å². The number of anilines is 2. The molecule has 0 bridgehead atoms. The number of nitrogen functional groups attached to an aromatic ring is 1. The summed E-state index contributed by atoms with van der Waals surface area (Å²) in [5.74, 6) is 0.340. The summed E-state index contributed by atoms with van der Waals surface area (Å²) in [7, 11) is 1.00. The van der Waals surface area contributed by atoms with E-state index in [-0.39, 0.29) is 0 Å². The molecule has 14 heavy (non-hydrogen) atoms. The van der Waals surface area contributed by atoms with Crippen LogP contribution >= 0.6 is 0 Å². The van der Waals surface area contributed by atoms with Gasteiger partial charge in [-0.1, -0.05) is 6.07 Å². The SMILES string of the molecule is CO.Nc1nc2c(NO)cccc2[nH]1. The average Bonchev–Trinajstić information content (AvgIpc) is 2.60.